The molecule has 0 saturated carbocycles. The number of pyridine rings is 1. The molecule has 0 radical (unpaired) electrons. The summed E-state index contributed by atoms with van der Waals surface area (Å²) >= 11 is 0. The summed E-state index contributed by atoms with van der Waals surface area (Å²) in [6.45, 7) is 2.57. The predicted molar refractivity (Wildman–Crippen MR) is 77.0 cm³/mol. The number of unbranched alkanes of at least 4 members (excludes halogenated alkanes) is 1. The molecule has 0 aliphatic rings. The normalized spacial score (nSPS) is 10.2. The van der Waals surface area contributed by atoms with Gasteiger partial charge < -0.3 is 9.84 Å². The molecule has 0 bridgehead atoms. The van der Waals surface area contributed by atoms with Crippen LogP contribution in [-0.4, -0.2) is 22.7 Å². The zero-order chi connectivity index (χ0) is 14.4. The Morgan fingerprint density at radius 1 is 1.30 bits per heavy atom. The highest BCUT2D eigenvalue weighted by atomic mass is 16.5. The van der Waals surface area contributed by atoms with Crippen molar-refractivity contribution in [1.29, 1.82) is 0 Å². The number of ether oxygens (including phenoxy) is 1. The first-order chi connectivity index (χ1) is 9.74. The van der Waals surface area contributed by atoms with Crippen molar-refractivity contribution in [3.05, 3.63) is 48.3 Å². The third-order valence-electron chi connectivity index (χ3n) is 2.96. The zero-order valence-corrected chi connectivity index (χ0v) is 11.4. The Kier molecular flexibility index (Phi) is 4.71. The van der Waals surface area contributed by atoms with Crippen LogP contribution in [0.4, 0.5) is 0 Å². The van der Waals surface area contributed by atoms with Crippen LogP contribution in [0.15, 0.2) is 42.7 Å². The smallest absolute Gasteiger partial charge is 0.339 e. The van der Waals surface area contributed by atoms with E-state index < -0.39 is 5.97 Å². The predicted octanol–water partition coefficient (Wildman–Crippen LogP) is 3.63. The number of benzene rings is 1. The summed E-state index contributed by atoms with van der Waals surface area (Å²) in [4.78, 5) is 15.4. The molecule has 0 saturated heterocycles. The van der Waals surface area contributed by atoms with E-state index >= 15 is 0 Å². The molecule has 0 fully saturated rings. The Balaban J connectivity index is 2.45. The lowest BCUT2D eigenvalue weighted by Crippen LogP contribution is -2.05. The highest BCUT2D eigenvalue weighted by Gasteiger charge is 2.16. The number of carboxylic acids is 1. The van der Waals surface area contributed by atoms with Gasteiger partial charge in [0.25, 0.3) is 0 Å². The Morgan fingerprint density at radius 3 is 2.80 bits per heavy atom. The average Bonchev–Trinajstić information content (AvgIpc) is 2.48. The monoisotopic (exact) mass is 271 g/mol. The van der Waals surface area contributed by atoms with E-state index in [0.29, 0.717) is 12.4 Å². The number of rotatable bonds is 6. The van der Waals surface area contributed by atoms with Gasteiger partial charge in [-0.15, -0.1) is 0 Å². The number of nitrogens with zero attached hydrogens (tertiary/aromatic N) is 1. The number of carbonyl (C=O) groups is 1. The molecule has 1 aromatic carbocycles. The van der Waals surface area contributed by atoms with Crippen LogP contribution in [-0.2, 0) is 0 Å². The summed E-state index contributed by atoms with van der Waals surface area (Å²) in [5, 5.41) is 9.30. The Labute approximate surface area is 118 Å². The van der Waals surface area contributed by atoms with Crippen LogP contribution in [0.2, 0.25) is 0 Å². The molecule has 0 aliphatic carbocycles. The summed E-state index contributed by atoms with van der Waals surface area (Å²) in [6.07, 6.45) is 5.27. The lowest BCUT2D eigenvalue weighted by Gasteiger charge is -2.14. The summed E-state index contributed by atoms with van der Waals surface area (Å²) in [5.74, 6) is -0.566. The molecule has 0 amide bonds. The van der Waals surface area contributed by atoms with E-state index in [1.807, 2.05) is 18.2 Å². The van der Waals surface area contributed by atoms with E-state index in [4.69, 9.17) is 4.74 Å². The molecule has 4 nitrogen and oxygen atoms in total. The molecule has 0 atom stereocenters. The molecule has 4 heteroatoms. The summed E-state index contributed by atoms with van der Waals surface area (Å²) in [5.41, 5.74) is 1.79. The Bertz CT molecular complexity index is 582. The topological polar surface area (TPSA) is 59.4 Å². The quantitative estimate of drug-likeness (QED) is 0.815. The van der Waals surface area contributed by atoms with Crippen molar-refractivity contribution in [2.45, 2.75) is 19.8 Å². The van der Waals surface area contributed by atoms with E-state index in [0.717, 1.165) is 24.0 Å². The van der Waals surface area contributed by atoms with Gasteiger partial charge in [0.15, 0.2) is 0 Å². The van der Waals surface area contributed by atoms with Crippen LogP contribution in [0.3, 0.4) is 0 Å². The van der Waals surface area contributed by atoms with Crippen LogP contribution in [0.5, 0.6) is 5.75 Å². The van der Waals surface area contributed by atoms with Crippen molar-refractivity contribution >= 4 is 5.97 Å². The van der Waals surface area contributed by atoms with E-state index in [1.165, 1.54) is 0 Å². The van der Waals surface area contributed by atoms with Gasteiger partial charge in [-0.2, -0.15) is 0 Å². The zero-order valence-electron chi connectivity index (χ0n) is 11.4. The maximum absolute atomic E-state index is 11.3. The largest absolute Gasteiger partial charge is 0.492 e. The van der Waals surface area contributed by atoms with Gasteiger partial charge in [0.05, 0.1) is 6.61 Å². The highest BCUT2D eigenvalue weighted by molar-refractivity contribution is 5.94. The molecular weight excluding hydrogens is 254 g/mol. The Morgan fingerprint density at radius 2 is 2.15 bits per heavy atom. The number of hydrogen-bond donors (Lipinski definition) is 1. The number of aromatic carboxylic acids is 1. The van der Waals surface area contributed by atoms with Crippen molar-refractivity contribution in [1.82, 2.24) is 4.98 Å². The first-order valence-corrected chi connectivity index (χ1v) is 6.63. The van der Waals surface area contributed by atoms with Gasteiger partial charge in [0.1, 0.15) is 11.3 Å². The lowest BCUT2D eigenvalue weighted by molar-refractivity contribution is 0.0692. The van der Waals surface area contributed by atoms with Crippen molar-refractivity contribution < 1.29 is 14.6 Å². The molecule has 0 aliphatic heterocycles. The number of hydrogen-bond acceptors (Lipinski definition) is 3. The molecule has 1 N–H and O–H groups in total. The van der Waals surface area contributed by atoms with Gasteiger partial charge in [0, 0.05) is 23.5 Å². The van der Waals surface area contributed by atoms with Crippen molar-refractivity contribution in [2.24, 2.45) is 0 Å². The first-order valence-electron chi connectivity index (χ1n) is 6.63. The van der Waals surface area contributed by atoms with E-state index in [-0.39, 0.29) is 5.56 Å². The molecular formula is C16H17NO3. The highest BCUT2D eigenvalue weighted by Crippen LogP contribution is 2.33. The van der Waals surface area contributed by atoms with Gasteiger partial charge in [-0.05, 0) is 18.6 Å². The van der Waals surface area contributed by atoms with Crippen LogP contribution >= 0.6 is 0 Å². The summed E-state index contributed by atoms with van der Waals surface area (Å²) in [6, 6.07) is 8.84. The molecule has 20 heavy (non-hydrogen) atoms. The lowest BCUT2D eigenvalue weighted by atomic mass is 10.0. The van der Waals surface area contributed by atoms with Gasteiger partial charge in [-0.25, -0.2) is 4.79 Å². The molecule has 0 spiro atoms. The van der Waals surface area contributed by atoms with E-state index in [2.05, 4.69) is 11.9 Å². The van der Waals surface area contributed by atoms with Gasteiger partial charge in [-0.1, -0.05) is 31.5 Å². The fraction of sp³-hybridized carbons (Fsp3) is 0.250. The average molecular weight is 271 g/mol. The second-order valence-corrected chi connectivity index (χ2v) is 4.43. The van der Waals surface area contributed by atoms with Crippen molar-refractivity contribution in [2.75, 3.05) is 6.61 Å². The maximum atomic E-state index is 11.3. The number of para-hydroxylation sites is 1. The molecule has 1 heterocycles. The fourth-order valence-corrected chi connectivity index (χ4v) is 1.93. The Hall–Kier alpha value is -2.36. The van der Waals surface area contributed by atoms with Crippen molar-refractivity contribution in [3.8, 4) is 16.9 Å². The van der Waals surface area contributed by atoms with Crippen molar-refractivity contribution in [3.63, 3.8) is 0 Å². The standard InChI is InChI=1S/C16H17NO3/c1-2-3-10-20-15-13(12-6-5-9-17-11-12)7-4-8-14(15)16(18)19/h4-9,11H,2-3,10H2,1H3,(H,18,19). The van der Waals surface area contributed by atoms with Gasteiger partial charge >= 0.3 is 5.97 Å². The summed E-state index contributed by atoms with van der Waals surface area (Å²) < 4.78 is 5.72. The minimum absolute atomic E-state index is 0.183. The van der Waals surface area contributed by atoms with E-state index in [9.17, 15) is 9.90 Å². The maximum Gasteiger partial charge on any atom is 0.339 e. The molecule has 2 rings (SSSR count). The number of carboxylic acid groups (broad SMARTS) is 1. The number of aromatic nitrogens is 1. The SMILES string of the molecule is CCCCOc1c(C(=O)O)cccc1-c1cccnc1. The second-order valence-electron chi connectivity index (χ2n) is 4.43. The second kappa shape index (κ2) is 6.70. The molecule has 104 valence electrons. The first kappa shape index (κ1) is 14.1. The molecule has 0 unspecified atom stereocenters. The summed E-state index contributed by atoms with van der Waals surface area (Å²) in [7, 11) is 0. The van der Waals surface area contributed by atoms with E-state index in [1.54, 1.807) is 24.5 Å². The third-order valence-corrected chi connectivity index (χ3v) is 2.96. The fourth-order valence-electron chi connectivity index (χ4n) is 1.93. The van der Waals surface area contributed by atoms with Crippen LogP contribution in [0.25, 0.3) is 11.1 Å². The van der Waals surface area contributed by atoms with Crippen LogP contribution in [0.1, 0.15) is 30.1 Å². The third kappa shape index (κ3) is 3.15. The molecule has 2 aromatic rings. The van der Waals surface area contributed by atoms with Gasteiger partial charge in [0.2, 0.25) is 0 Å². The van der Waals surface area contributed by atoms with Gasteiger partial charge in [-0.3, -0.25) is 4.98 Å². The van der Waals surface area contributed by atoms with Crippen LogP contribution < -0.4 is 4.74 Å². The molecule has 1 aromatic heterocycles. The van der Waals surface area contributed by atoms with Crippen LogP contribution in [0, 0.1) is 0 Å². The minimum atomic E-state index is -0.984. The minimum Gasteiger partial charge on any atom is -0.492 e.